The third-order valence-corrected chi connectivity index (χ3v) is 0.264. The van der Waals surface area contributed by atoms with E-state index in [0.717, 1.165) is 0 Å². The number of aliphatic hydroxyl groups is 2. The molecule has 0 rings (SSSR count). The van der Waals surface area contributed by atoms with E-state index >= 15 is 0 Å². The molecule has 0 heterocycles. The maximum Gasteiger partial charge on any atom is 0.0742 e. The molecule has 0 bridgehead atoms. The lowest BCUT2D eigenvalue weighted by atomic mass is 10.5. The Hall–Kier alpha value is -0.190. The van der Waals surface area contributed by atoms with Crippen molar-refractivity contribution >= 4 is 0 Å². The first-order chi connectivity index (χ1) is 2.27. The van der Waals surface area contributed by atoms with Crippen LogP contribution in [0.4, 0.5) is 4.70 Å². The molecule has 0 aromatic carbocycles. The maximum atomic E-state index is 8.11. The fourth-order valence-corrected chi connectivity index (χ4v) is 0. The summed E-state index contributed by atoms with van der Waals surface area (Å²) in [6.45, 7) is 1.39. The van der Waals surface area contributed by atoms with Gasteiger partial charge < -0.3 is 15.7 Å². The number of rotatable bonds is 1. The SMILES string of the molecule is CC(O)CO.F.O. The van der Waals surface area contributed by atoms with Crippen LogP contribution in [0.15, 0.2) is 0 Å². The zero-order valence-corrected chi connectivity index (χ0v) is 4.09. The molecule has 48 valence electrons. The van der Waals surface area contributed by atoms with E-state index in [4.69, 9.17) is 10.2 Å². The summed E-state index contributed by atoms with van der Waals surface area (Å²) >= 11 is 0. The standard InChI is InChI=1S/C3H8O2.FH.H2O/c1-3(5)2-4;;/h3-5H,2H2,1H3;1H;1H2. The average molecular weight is 114 g/mol. The molecule has 0 radical (unpaired) electrons. The molecule has 0 saturated heterocycles. The summed E-state index contributed by atoms with van der Waals surface area (Å²) in [6, 6.07) is 0. The highest BCUT2D eigenvalue weighted by Gasteiger charge is 1.83. The van der Waals surface area contributed by atoms with Gasteiger partial charge in [0.15, 0.2) is 0 Å². The lowest BCUT2D eigenvalue weighted by molar-refractivity contribution is 0.110. The minimum absolute atomic E-state index is 0. The van der Waals surface area contributed by atoms with Crippen LogP contribution in [0.1, 0.15) is 6.92 Å². The number of hydrogen-bond donors (Lipinski definition) is 2. The molecule has 1 atom stereocenters. The molecule has 4 heteroatoms. The Morgan fingerprint density at radius 3 is 1.71 bits per heavy atom. The van der Waals surface area contributed by atoms with Crippen molar-refractivity contribution in [1.82, 2.24) is 0 Å². The van der Waals surface area contributed by atoms with Crippen molar-refractivity contribution in [2.75, 3.05) is 6.61 Å². The molecule has 7 heavy (non-hydrogen) atoms. The van der Waals surface area contributed by atoms with Crippen molar-refractivity contribution < 1.29 is 20.4 Å². The summed E-state index contributed by atoms with van der Waals surface area (Å²) in [4.78, 5) is 0. The zero-order chi connectivity index (χ0) is 4.28. The van der Waals surface area contributed by atoms with Crippen molar-refractivity contribution in [3.05, 3.63) is 0 Å². The lowest BCUT2D eigenvalue weighted by Gasteiger charge is -1.90. The first-order valence-electron chi connectivity index (χ1n) is 1.56. The molecular weight excluding hydrogens is 103 g/mol. The van der Waals surface area contributed by atoms with Gasteiger partial charge in [0.05, 0.1) is 12.7 Å². The highest BCUT2D eigenvalue weighted by molar-refractivity contribution is 4.33. The van der Waals surface area contributed by atoms with E-state index in [0.29, 0.717) is 0 Å². The first kappa shape index (κ1) is 15.8. The highest BCUT2D eigenvalue weighted by Crippen LogP contribution is 1.68. The van der Waals surface area contributed by atoms with Crippen molar-refractivity contribution in [3.63, 3.8) is 0 Å². The number of hydrogen-bond acceptors (Lipinski definition) is 2. The molecule has 0 fully saturated rings. The third-order valence-electron chi connectivity index (χ3n) is 0.264. The summed E-state index contributed by atoms with van der Waals surface area (Å²) in [5.74, 6) is 0. The van der Waals surface area contributed by atoms with Crippen LogP contribution in [0.2, 0.25) is 0 Å². The normalized spacial score (nSPS) is 10.7. The molecule has 0 aromatic rings. The maximum absolute atomic E-state index is 8.11. The largest absolute Gasteiger partial charge is 0.412 e. The lowest BCUT2D eigenvalue weighted by Crippen LogP contribution is -2.03. The minimum atomic E-state index is -0.560. The number of halogens is 1. The second kappa shape index (κ2) is 9.26. The van der Waals surface area contributed by atoms with Gasteiger partial charge in [-0.3, -0.25) is 4.70 Å². The van der Waals surface area contributed by atoms with E-state index in [-0.39, 0.29) is 16.8 Å². The molecule has 0 aromatic heterocycles. The average Bonchev–Trinajstić information content (AvgIpc) is 1.38. The summed E-state index contributed by atoms with van der Waals surface area (Å²) in [6.07, 6.45) is -0.560. The van der Waals surface area contributed by atoms with Crippen LogP contribution in [-0.4, -0.2) is 28.4 Å². The topological polar surface area (TPSA) is 72.0 Å². The molecule has 0 aliphatic carbocycles. The minimum Gasteiger partial charge on any atom is -0.412 e. The number of aliphatic hydroxyl groups excluding tert-OH is 2. The van der Waals surface area contributed by atoms with Crippen LogP contribution in [-0.2, 0) is 0 Å². The molecule has 0 saturated carbocycles. The highest BCUT2D eigenvalue weighted by atomic mass is 19.0. The van der Waals surface area contributed by atoms with Crippen LogP contribution in [0, 0.1) is 0 Å². The Bertz CT molecular complexity index is 24.1. The molecule has 0 aliphatic rings. The van der Waals surface area contributed by atoms with E-state index in [1.165, 1.54) is 6.92 Å². The first-order valence-corrected chi connectivity index (χ1v) is 1.56. The molecule has 1 unspecified atom stereocenters. The van der Waals surface area contributed by atoms with Gasteiger partial charge in [0, 0.05) is 0 Å². The van der Waals surface area contributed by atoms with Crippen LogP contribution in [0.3, 0.4) is 0 Å². The van der Waals surface area contributed by atoms with Gasteiger partial charge in [-0.25, -0.2) is 0 Å². The van der Waals surface area contributed by atoms with Crippen LogP contribution in [0.5, 0.6) is 0 Å². The quantitative estimate of drug-likeness (QED) is 0.444. The van der Waals surface area contributed by atoms with Crippen molar-refractivity contribution in [2.45, 2.75) is 13.0 Å². The van der Waals surface area contributed by atoms with E-state index in [1.807, 2.05) is 0 Å². The summed E-state index contributed by atoms with van der Waals surface area (Å²) in [7, 11) is 0. The monoisotopic (exact) mass is 114 g/mol. The van der Waals surface area contributed by atoms with Crippen molar-refractivity contribution in [1.29, 1.82) is 0 Å². The zero-order valence-electron chi connectivity index (χ0n) is 4.09. The molecule has 0 spiro atoms. The molecule has 3 nitrogen and oxygen atoms in total. The van der Waals surface area contributed by atoms with Gasteiger partial charge in [-0.2, -0.15) is 0 Å². The predicted molar refractivity (Wildman–Crippen MR) is 24.9 cm³/mol. The van der Waals surface area contributed by atoms with E-state index in [9.17, 15) is 0 Å². The summed E-state index contributed by atoms with van der Waals surface area (Å²) < 4.78 is 0. The molecule has 4 N–H and O–H groups in total. The van der Waals surface area contributed by atoms with E-state index < -0.39 is 6.10 Å². The molecule has 0 aliphatic heterocycles. The van der Waals surface area contributed by atoms with Gasteiger partial charge in [0.1, 0.15) is 0 Å². The van der Waals surface area contributed by atoms with Crippen molar-refractivity contribution in [3.8, 4) is 0 Å². The molecular formula is C3H11FO3. The fraction of sp³-hybridized carbons (Fsp3) is 1.00. The second-order valence-corrected chi connectivity index (χ2v) is 1.03. The van der Waals surface area contributed by atoms with Gasteiger partial charge in [0.2, 0.25) is 0 Å². The second-order valence-electron chi connectivity index (χ2n) is 1.03. The summed E-state index contributed by atoms with van der Waals surface area (Å²) in [5.41, 5.74) is 0. The Labute approximate surface area is 41.3 Å². The third kappa shape index (κ3) is 25.7. The smallest absolute Gasteiger partial charge is 0.0742 e. The fourth-order valence-electron chi connectivity index (χ4n) is 0. The van der Waals surface area contributed by atoms with Crippen LogP contribution < -0.4 is 0 Å². The Morgan fingerprint density at radius 1 is 1.57 bits per heavy atom. The predicted octanol–water partition coefficient (Wildman–Crippen LogP) is -1.31. The van der Waals surface area contributed by atoms with Gasteiger partial charge in [-0.05, 0) is 6.92 Å². The summed E-state index contributed by atoms with van der Waals surface area (Å²) in [5, 5.41) is 16.0. The van der Waals surface area contributed by atoms with E-state index in [1.54, 1.807) is 0 Å². The van der Waals surface area contributed by atoms with Gasteiger partial charge in [-0.15, -0.1) is 0 Å². The Kier molecular flexibility index (Phi) is 20.9. The Balaban J connectivity index is -0.0000000800. The van der Waals surface area contributed by atoms with Gasteiger partial charge in [0.25, 0.3) is 0 Å². The van der Waals surface area contributed by atoms with Gasteiger partial charge in [-0.1, -0.05) is 0 Å². The van der Waals surface area contributed by atoms with Gasteiger partial charge >= 0.3 is 0 Å². The Morgan fingerprint density at radius 2 is 1.71 bits per heavy atom. The van der Waals surface area contributed by atoms with Crippen LogP contribution in [0.25, 0.3) is 0 Å². The van der Waals surface area contributed by atoms with Crippen molar-refractivity contribution in [2.24, 2.45) is 0 Å². The van der Waals surface area contributed by atoms with E-state index in [2.05, 4.69) is 0 Å². The molecule has 0 amide bonds. The van der Waals surface area contributed by atoms with Crippen LogP contribution >= 0.6 is 0 Å².